The number of carbonyl (C=O) groups is 1. The Balaban J connectivity index is 1.46. The van der Waals surface area contributed by atoms with Crippen molar-refractivity contribution in [3.8, 4) is 11.5 Å². The highest BCUT2D eigenvalue weighted by Crippen LogP contribution is 2.24. The summed E-state index contributed by atoms with van der Waals surface area (Å²) in [5.74, 6) is 1.47. The van der Waals surface area contributed by atoms with Crippen LogP contribution in [0.25, 0.3) is 0 Å². The van der Waals surface area contributed by atoms with Gasteiger partial charge in [-0.05, 0) is 47.4 Å². The lowest BCUT2D eigenvalue weighted by molar-refractivity contribution is 0.217. The molecule has 0 aliphatic heterocycles. The standard InChI is InChI=1S/C26H29N3O3/c1-26(2,3)21-13-15-23(16-14-21)31-17-18-32-24-12-8-7-9-20(24)19-27-29-25(30)28-22-10-5-4-6-11-22/h4-16,19H,17-18H2,1-3H3,(H2,28,29,30)/b27-19-. The SMILES string of the molecule is CC(C)(C)c1ccc(OCCOc2ccccc2/C=N\NC(=O)Nc2ccccc2)cc1. The van der Waals surface area contributed by atoms with Gasteiger partial charge in [0.05, 0.1) is 6.21 Å². The molecule has 6 heteroatoms. The first kappa shape index (κ1) is 22.9. The summed E-state index contributed by atoms with van der Waals surface area (Å²) in [5, 5.41) is 6.70. The quantitative estimate of drug-likeness (QED) is 0.277. The highest BCUT2D eigenvalue weighted by molar-refractivity contribution is 5.90. The predicted molar refractivity (Wildman–Crippen MR) is 129 cm³/mol. The number of carbonyl (C=O) groups excluding carboxylic acids is 1. The van der Waals surface area contributed by atoms with Gasteiger partial charge in [-0.15, -0.1) is 0 Å². The smallest absolute Gasteiger partial charge is 0.339 e. The van der Waals surface area contributed by atoms with Crippen molar-refractivity contribution in [2.45, 2.75) is 26.2 Å². The molecule has 0 bridgehead atoms. The van der Waals surface area contributed by atoms with Gasteiger partial charge in [-0.3, -0.25) is 0 Å². The minimum absolute atomic E-state index is 0.115. The fraction of sp³-hybridized carbons (Fsp3) is 0.231. The number of rotatable bonds is 8. The van der Waals surface area contributed by atoms with Gasteiger partial charge in [-0.25, -0.2) is 10.2 Å². The van der Waals surface area contributed by atoms with Crippen molar-refractivity contribution in [3.63, 3.8) is 0 Å². The fourth-order valence-corrected chi connectivity index (χ4v) is 2.92. The van der Waals surface area contributed by atoms with E-state index in [0.717, 1.165) is 11.3 Å². The van der Waals surface area contributed by atoms with Gasteiger partial charge in [0.2, 0.25) is 0 Å². The third-order valence-corrected chi connectivity index (χ3v) is 4.65. The molecule has 6 nitrogen and oxygen atoms in total. The molecule has 3 rings (SSSR count). The lowest BCUT2D eigenvalue weighted by atomic mass is 9.87. The summed E-state index contributed by atoms with van der Waals surface area (Å²) in [6.07, 6.45) is 1.55. The number of nitrogens with zero attached hydrogens (tertiary/aromatic N) is 1. The van der Waals surface area contributed by atoms with Gasteiger partial charge in [0.15, 0.2) is 0 Å². The molecule has 0 radical (unpaired) electrons. The summed E-state index contributed by atoms with van der Waals surface area (Å²) in [6, 6.07) is 24.4. The van der Waals surface area contributed by atoms with E-state index in [-0.39, 0.29) is 5.41 Å². The second-order valence-corrected chi connectivity index (χ2v) is 8.20. The molecule has 0 aliphatic rings. The molecule has 2 N–H and O–H groups in total. The Morgan fingerprint density at radius 3 is 2.25 bits per heavy atom. The van der Waals surface area contributed by atoms with Crippen LogP contribution in [-0.2, 0) is 5.41 Å². The van der Waals surface area contributed by atoms with E-state index in [1.54, 1.807) is 18.3 Å². The molecule has 0 fully saturated rings. The van der Waals surface area contributed by atoms with Crippen molar-refractivity contribution in [2.24, 2.45) is 5.10 Å². The Bertz CT molecular complexity index is 1030. The van der Waals surface area contributed by atoms with E-state index >= 15 is 0 Å². The Labute approximate surface area is 189 Å². The number of amides is 2. The lowest BCUT2D eigenvalue weighted by Gasteiger charge is -2.19. The molecule has 0 aliphatic carbocycles. The summed E-state index contributed by atoms with van der Waals surface area (Å²) < 4.78 is 11.6. The van der Waals surface area contributed by atoms with Gasteiger partial charge in [0.25, 0.3) is 0 Å². The highest BCUT2D eigenvalue weighted by atomic mass is 16.5. The summed E-state index contributed by atoms with van der Waals surface area (Å²) in [5.41, 5.74) is 5.27. The zero-order valence-corrected chi connectivity index (χ0v) is 18.7. The van der Waals surface area contributed by atoms with Gasteiger partial charge in [0.1, 0.15) is 24.7 Å². The molecule has 0 heterocycles. The normalized spacial score (nSPS) is 11.2. The van der Waals surface area contributed by atoms with E-state index in [1.165, 1.54) is 5.56 Å². The molecular formula is C26H29N3O3. The average molecular weight is 432 g/mol. The first-order valence-electron chi connectivity index (χ1n) is 10.5. The van der Waals surface area contributed by atoms with E-state index in [4.69, 9.17) is 9.47 Å². The molecule has 0 unspecified atom stereocenters. The van der Waals surface area contributed by atoms with Crippen LogP contribution in [0.2, 0.25) is 0 Å². The fourth-order valence-electron chi connectivity index (χ4n) is 2.92. The van der Waals surface area contributed by atoms with Crippen LogP contribution in [0.15, 0.2) is 84.0 Å². The van der Waals surface area contributed by atoms with Crippen LogP contribution in [0.3, 0.4) is 0 Å². The summed E-state index contributed by atoms with van der Waals surface area (Å²) in [4.78, 5) is 11.9. The Kier molecular flexibility index (Phi) is 7.86. The van der Waals surface area contributed by atoms with Crippen molar-refractivity contribution >= 4 is 17.9 Å². The largest absolute Gasteiger partial charge is 0.490 e. The van der Waals surface area contributed by atoms with Crippen molar-refractivity contribution in [1.29, 1.82) is 0 Å². The van der Waals surface area contributed by atoms with Gasteiger partial charge in [-0.1, -0.05) is 63.2 Å². The number of ether oxygens (including phenoxy) is 2. The van der Waals surface area contributed by atoms with Gasteiger partial charge in [0, 0.05) is 11.3 Å². The van der Waals surface area contributed by atoms with Crippen LogP contribution in [0.4, 0.5) is 10.5 Å². The maximum absolute atomic E-state index is 11.9. The molecule has 0 saturated carbocycles. The summed E-state index contributed by atoms with van der Waals surface area (Å²) in [6.45, 7) is 7.35. The number of anilines is 1. The monoisotopic (exact) mass is 431 g/mol. The first-order chi connectivity index (χ1) is 15.4. The van der Waals surface area contributed by atoms with Gasteiger partial charge < -0.3 is 14.8 Å². The maximum atomic E-state index is 11.9. The Morgan fingerprint density at radius 2 is 1.53 bits per heavy atom. The molecule has 0 saturated heterocycles. The molecule has 32 heavy (non-hydrogen) atoms. The molecule has 0 spiro atoms. The van der Waals surface area contributed by atoms with E-state index in [9.17, 15) is 4.79 Å². The van der Waals surface area contributed by atoms with Crippen LogP contribution in [-0.4, -0.2) is 25.5 Å². The number of hydrogen-bond acceptors (Lipinski definition) is 4. The van der Waals surface area contributed by atoms with E-state index in [2.05, 4.69) is 48.7 Å². The molecule has 3 aromatic rings. The number of para-hydroxylation sites is 2. The highest BCUT2D eigenvalue weighted by Gasteiger charge is 2.13. The molecule has 0 aromatic heterocycles. The van der Waals surface area contributed by atoms with Gasteiger partial charge in [-0.2, -0.15) is 5.10 Å². The zero-order chi connectivity index (χ0) is 22.8. The van der Waals surface area contributed by atoms with E-state index in [0.29, 0.717) is 24.7 Å². The van der Waals surface area contributed by atoms with Crippen LogP contribution in [0, 0.1) is 0 Å². The first-order valence-corrected chi connectivity index (χ1v) is 10.5. The van der Waals surface area contributed by atoms with Crippen LogP contribution in [0.1, 0.15) is 31.9 Å². The van der Waals surface area contributed by atoms with Crippen LogP contribution >= 0.6 is 0 Å². The Hall–Kier alpha value is -3.80. The Morgan fingerprint density at radius 1 is 0.875 bits per heavy atom. The minimum Gasteiger partial charge on any atom is -0.490 e. The van der Waals surface area contributed by atoms with Crippen molar-refractivity contribution in [3.05, 3.63) is 90.0 Å². The van der Waals surface area contributed by atoms with Gasteiger partial charge >= 0.3 is 6.03 Å². The molecule has 166 valence electrons. The van der Waals surface area contributed by atoms with Crippen molar-refractivity contribution in [1.82, 2.24) is 5.43 Å². The topological polar surface area (TPSA) is 72.0 Å². The van der Waals surface area contributed by atoms with E-state index in [1.807, 2.05) is 54.6 Å². The van der Waals surface area contributed by atoms with E-state index < -0.39 is 6.03 Å². The molecule has 3 aromatic carbocycles. The molecule has 0 atom stereocenters. The third kappa shape index (κ3) is 7.16. The number of hydrazone groups is 1. The molecular weight excluding hydrogens is 402 g/mol. The number of urea groups is 1. The summed E-state index contributed by atoms with van der Waals surface area (Å²) in [7, 11) is 0. The van der Waals surface area contributed by atoms with Crippen molar-refractivity contribution in [2.75, 3.05) is 18.5 Å². The number of benzene rings is 3. The second kappa shape index (κ2) is 11.0. The van der Waals surface area contributed by atoms with Crippen molar-refractivity contribution < 1.29 is 14.3 Å². The zero-order valence-electron chi connectivity index (χ0n) is 18.7. The maximum Gasteiger partial charge on any atom is 0.339 e. The lowest BCUT2D eigenvalue weighted by Crippen LogP contribution is -2.24. The number of nitrogens with one attached hydrogen (secondary N) is 2. The van der Waals surface area contributed by atoms with Crippen LogP contribution < -0.4 is 20.2 Å². The second-order valence-electron chi connectivity index (χ2n) is 8.20. The van der Waals surface area contributed by atoms with Crippen LogP contribution in [0.5, 0.6) is 11.5 Å². The third-order valence-electron chi connectivity index (χ3n) is 4.65. The molecule has 2 amide bonds. The minimum atomic E-state index is -0.420. The summed E-state index contributed by atoms with van der Waals surface area (Å²) >= 11 is 0. The average Bonchev–Trinajstić information content (AvgIpc) is 2.78. The predicted octanol–water partition coefficient (Wildman–Crippen LogP) is 5.60. The number of hydrogen-bond donors (Lipinski definition) is 2.